The third kappa shape index (κ3) is 3.14. The maximum atomic E-state index is 11.8. The zero-order chi connectivity index (χ0) is 15.7. The molecular formula is C19H22OSe2. The van der Waals surface area contributed by atoms with Crippen LogP contribution in [0.4, 0.5) is 0 Å². The summed E-state index contributed by atoms with van der Waals surface area (Å²) in [5.74, 6) is 0. The number of benzene rings is 2. The van der Waals surface area contributed by atoms with Crippen LogP contribution in [0.3, 0.4) is 0 Å². The monoisotopic (exact) mass is 426 g/mol. The van der Waals surface area contributed by atoms with Crippen molar-refractivity contribution in [3.63, 3.8) is 0 Å². The molecule has 4 rings (SSSR count). The van der Waals surface area contributed by atoms with Crippen molar-refractivity contribution >= 4 is 28.8 Å². The molecule has 2 heterocycles. The fraction of sp³-hybridized carbons (Fsp3) is 0.368. The molecule has 0 fully saturated rings. The normalized spacial score (nSPS) is 20.8. The molecule has 0 aromatic heterocycles. The van der Waals surface area contributed by atoms with E-state index in [2.05, 4.69) is 51.1 Å². The van der Waals surface area contributed by atoms with Gasteiger partial charge in [-0.05, 0) is 0 Å². The second-order valence-electron chi connectivity index (χ2n) is 6.42. The van der Waals surface area contributed by atoms with Crippen LogP contribution < -0.4 is 0 Å². The zero-order valence-corrected chi connectivity index (χ0v) is 16.8. The molecule has 0 bridgehead atoms. The summed E-state index contributed by atoms with van der Waals surface area (Å²) in [6.07, 6.45) is 0. The molecule has 1 atom stereocenters. The molecule has 3 heteroatoms. The Bertz CT molecular complexity index is 719. The van der Waals surface area contributed by atoms with E-state index in [-0.39, 0.29) is 4.31 Å². The molecule has 2 aliphatic heterocycles. The number of fused-ring (bicyclic) bond motifs is 2. The minimum atomic E-state index is -1.66. The summed E-state index contributed by atoms with van der Waals surface area (Å²) in [5, 5.41) is 3.55. The Kier molecular flexibility index (Phi) is 4.71. The molecule has 1 unspecified atom stereocenters. The fourth-order valence-electron chi connectivity index (χ4n) is 2.98. The molecule has 2 aliphatic rings. The average Bonchev–Trinajstić information content (AvgIpc) is 3.03. The average molecular weight is 424 g/mol. The van der Waals surface area contributed by atoms with Gasteiger partial charge in [0.2, 0.25) is 0 Å². The Balaban J connectivity index is 0.000000133. The van der Waals surface area contributed by atoms with Gasteiger partial charge in [0.15, 0.2) is 0 Å². The van der Waals surface area contributed by atoms with E-state index in [1.807, 2.05) is 12.1 Å². The molecular weight excluding hydrogens is 402 g/mol. The van der Waals surface area contributed by atoms with Crippen molar-refractivity contribution in [1.29, 1.82) is 0 Å². The summed E-state index contributed by atoms with van der Waals surface area (Å²) in [4.78, 5) is 0. The molecule has 1 nitrogen and oxygen atoms in total. The second-order valence-corrected chi connectivity index (χ2v) is 12.7. The van der Waals surface area contributed by atoms with Gasteiger partial charge in [-0.2, -0.15) is 0 Å². The molecule has 2 aromatic rings. The first-order chi connectivity index (χ1) is 10.5. The Morgan fingerprint density at radius 3 is 2.50 bits per heavy atom. The third-order valence-corrected chi connectivity index (χ3v) is 10.6. The Hall–Kier alpha value is -0.721. The summed E-state index contributed by atoms with van der Waals surface area (Å²) >= 11 is -0.792. The van der Waals surface area contributed by atoms with Crippen molar-refractivity contribution in [3.8, 4) is 0 Å². The number of aryl methyl sites for hydroxylation is 1. The molecule has 0 radical (unpaired) electrons. The number of hydrogen-bond acceptors (Lipinski definition) is 1. The molecule has 0 spiro atoms. The van der Waals surface area contributed by atoms with Crippen LogP contribution in [-0.4, -0.2) is 28.8 Å². The molecule has 0 amide bonds. The summed E-state index contributed by atoms with van der Waals surface area (Å²) < 4.78 is 11.7. The van der Waals surface area contributed by atoms with Crippen LogP contribution >= 0.6 is 0 Å². The van der Waals surface area contributed by atoms with E-state index < -0.39 is 13.8 Å². The Morgan fingerprint density at radius 2 is 1.73 bits per heavy atom. The number of hydrogen-bond donors (Lipinski definition) is 0. The van der Waals surface area contributed by atoms with Crippen LogP contribution in [0.2, 0.25) is 0 Å². The number of rotatable bonds is 0. The molecule has 116 valence electrons. The van der Waals surface area contributed by atoms with Crippen molar-refractivity contribution < 1.29 is 3.83 Å². The van der Waals surface area contributed by atoms with Gasteiger partial charge in [-0.15, -0.1) is 0 Å². The van der Waals surface area contributed by atoms with Crippen LogP contribution in [0.15, 0.2) is 42.5 Å². The molecule has 0 saturated carbocycles. The summed E-state index contributed by atoms with van der Waals surface area (Å²) in [7, 11) is 0. The van der Waals surface area contributed by atoms with E-state index in [4.69, 9.17) is 0 Å². The predicted octanol–water partition coefficient (Wildman–Crippen LogP) is 3.73. The zero-order valence-electron chi connectivity index (χ0n) is 13.4. The Morgan fingerprint density at radius 1 is 1.00 bits per heavy atom. The minimum absolute atomic E-state index is 0.0450. The van der Waals surface area contributed by atoms with Gasteiger partial charge in [-0.1, -0.05) is 0 Å². The fourth-order valence-corrected chi connectivity index (χ4v) is 8.08. The molecule has 2 aromatic carbocycles. The molecule has 22 heavy (non-hydrogen) atoms. The maximum absolute atomic E-state index is 11.8. The molecule has 0 saturated heterocycles. The summed E-state index contributed by atoms with van der Waals surface area (Å²) in [5.41, 5.74) is 7.22. The van der Waals surface area contributed by atoms with Crippen molar-refractivity contribution in [2.24, 2.45) is 0 Å². The van der Waals surface area contributed by atoms with Crippen LogP contribution in [0.1, 0.15) is 41.7 Å². The predicted molar refractivity (Wildman–Crippen MR) is 94.0 cm³/mol. The van der Waals surface area contributed by atoms with E-state index in [0.29, 0.717) is 0 Å². The summed E-state index contributed by atoms with van der Waals surface area (Å²) in [6.45, 7) is 6.36. The van der Waals surface area contributed by atoms with Crippen LogP contribution in [0.5, 0.6) is 0 Å². The van der Waals surface area contributed by atoms with Gasteiger partial charge in [-0.25, -0.2) is 0 Å². The van der Waals surface area contributed by atoms with Crippen molar-refractivity contribution in [1.82, 2.24) is 0 Å². The molecule has 0 aliphatic carbocycles. The van der Waals surface area contributed by atoms with Crippen molar-refractivity contribution in [2.75, 3.05) is 0 Å². The van der Waals surface area contributed by atoms with E-state index in [1.54, 1.807) is 11.1 Å². The first kappa shape index (κ1) is 16.1. The SMILES string of the molecule is CC1(C)c2ccccc2C[Se]1=O.Cc1ccc2c(c1)C[Se]C2. The van der Waals surface area contributed by atoms with Crippen LogP contribution in [0, 0.1) is 6.92 Å². The first-order valence-electron chi connectivity index (χ1n) is 7.61. The first-order valence-corrected chi connectivity index (χ1v) is 12.8. The van der Waals surface area contributed by atoms with Gasteiger partial charge >= 0.3 is 144 Å². The van der Waals surface area contributed by atoms with Crippen molar-refractivity contribution in [3.05, 3.63) is 70.3 Å². The van der Waals surface area contributed by atoms with Gasteiger partial charge in [-0.3, -0.25) is 0 Å². The second kappa shape index (κ2) is 6.41. The van der Waals surface area contributed by atoms with E-state index in [1.165, 1.54) is 27.3 Å². The van der Waals surface area contributed by atoms with Crippen LogP contribution in [-0.2, 0) is 24.1 Å². The standard InChI is InChI=1S/C10H12OSe.C9H10Se/c1-10(2)9-6-4-3-5-8(9)7-12(10)11;1-7-2-3-8-5-10-6-9(8)4-7/h3-6H,7H2,1-2H3;2-4H,5-6H2,1H3. The van der Waals surface area contributed by atoms with Gasteiger partial charge < -0.3 is 0 Å². The molecule has 0 N–H and O–H groups in total. The summed E-state index contributed by atoms with van der Waals surface area (Å²) in [6, 6.07) is 15.1. The van der Waals surface area contributed by atoms with Gasteiger partial charge in [0.05, 0.1) is 0 Å². The Labute approximate surface area is 143 Å². The van der Waals surface area contributed by atoms with E-state index in [0.717, 1.165) is 20.3 Å². The van der Waals surface area contributed by atoms with E-state index >= 15 is 0 Å². The van der Waals surface area contributed by atoms with E-state index in [9.17, 15) is 3.83 Å². The van der Waals surface area contributed by atoms with Gasteiger partial charge in [0.1, 0.15) is 0 Å². The van der Waals surface area contributed by atoms with Crippen molar-refractivity contribution in [2.45, 2.75) is 41.0 Å². The van der Waals surface area contributed by atoms with Crippen LogP contribution in [0.25, 0.3) is 0 Å². The quantitative estimate of drug-likeness (QED) is 0.590. The van der Waals surface area contributed by atoms with Gasteiger partial charge in [0, 0.05) is 0 Å². The van der Waals surface area contributed by atoms with Gasteiger partial charge in [0.25, 0.3) is 0 Å². The third-order valence-electron chi connectivity index (χ3n) is 4.40. The topological polar surface area (TPSA) is 17.1 Å².